The summed E-state index contributed by atoms with van der Waals surface area (Å²) in [7, 11) is 1.55. The van der Waals surface area contributed by atoms with E-state index in [1.54, 1.807) is 23.9 Å². The van der Waals surface area contributed by atoms with Crippen molar-refractivity contribution >= 4 is 11.0 Å². The van der Waals surface area contributed by atoms with Gasteiger partial charge in [-0.2, -0.15) is 0 Å². The molecule has 2 aromatic heterocycles. The molecule has 0 bridgehead atoms. The van der Waals surface area contributed by atoms with Crippen LogP contribution in [0.2, 0.25) is 0 Å². The Morgan fingerprint density at radius 2 is 2.00 bits per heavy atom. The van der Waals surface area contributed by atoms with Crippen molar-refractivity contribution in [2.24, 2.45) is 0 Å². The molecule has 0 aliphatic heterocycles. The predicted octanol–water partition coefficient (Wildman–Crippen LogP) is 3.44. The number of hydrogen-bond acceptors (Lipinski definition) is 4. The molecule has 0 spiro atoms. The minimum Gasteiger partial charge on any atom is -0.507 e. The second-order valence-electron chi connectivity index (χ2n) is 5.65. The van der Waals surface area contributed by atoms with Crippen LogP contribution in [-0.2, 0) is 6.42 Å². The third kappa shape index (κ3) is 2.73. The zero-order valence-electron chi connectivity index (χ0n) is 13.8. The predicted molar refractivity (Wildman–Crippen MR) is 94.2 cm³/mol. The lowest BCUT2D eigenvalue weighted by molar-refractivity contribution is 0.413. The van der Waals surface area contributed by atoms with Crippen molar-refractivity contribution in [1.82, 2.24) is 9.55 Å². The van der Waals surface area contributed by atoms with Gasteiger partial charge < -0.3 is 9.84 Å². The summed E-state index contributed by atoms with van der Waals surface area (Å²) in [5.41, 5.74) is 1.34. The molecule has 0 unspecified atom stereocenters. The van der Waals surface area contributed by atoms with Gasteiger partial charge in [-0.3, -0.25) is 9.36 Å². The van der Waals surface area contributed by atoms with E-state index in [9.17, 15) is 9.90 Å². The zero-order valence-corrected chi connectivity index (χ0v) is 13.8. The van der Waals surface area contributed by atoms with Gasteiger partial charge in [0.15, 0.2) is 5.65 Å². The van der Waals surface area contributed by atoms with E-state index in [1.807, 2.05) is 30.3 Å². The van der Waals surface area contributed by atoms with E-state index >= 15 is 0 Å². The van der Waals surface area contributed by atoms with Crippen LogP contribution in [0.15, 0.2) is 47.4 Å². The molecule has 24 heavy (non-hydrogen) atoms. The quantitative estimate of drug-likeness (QED) is 0.781. The fraction of sp³-hybridized carbons (Fsp3) is 0.263. The summed E-state index contributed by atoms with van der Waals surface area (Å²) in [6.45, 7) is 2.05. The SMILES string of the molecule is CCCCc1c(O)c2cc(OC)cnc2n(-c2ccccc2)c1=O. The first-order chi connectivity index (χ1) is 11.7. The summed E-state index contributed by atoms with van der Waals surface area (Å²) in [6.07, 6.45) is 3.85. The van der Waals surface area contributed by atoms with Crippen LogP contribution < -0.4 is 10.3 Å². The van der Waals surface area contributed by atoms with Gasteiger partial charge in [0.2, 0.25) is 0 Å². The molecule has 1 N–H and O–H groups in total. The number of benzene rings is 1. The molecule has 2 heterocycles. The molecule has 5 nitrogen and oxygen atoms in total. The summed E-state index contributed by atoms with van der Waals surface area (Å²) in [5.74, 6) is 0.541. The molecule has 0 aliphatic rings. The van der Waals surface area contributed by atoms with Gasteiger partial charge in [-0.05, 0) is 31.0 Å². The highest BCUT2D eigenvalue weighted by atomic mass is 16.5. The molecule has 0 radical (unpaired) electrons. The van der Waals surface area contributed by atoms with Gasteiger partial charge in [0.25, 0.3) is 5.56 Å². The Morgan fingerprint density at radius 3 is 2.67 bits per heavy atom. The maximum Gasteiger partial charge on any atom is 0.263 e. The summed E-state index contributed by atoms with van der Waals surface area (Å²) in [6, 6.07) is 11.1. The molecule has 0 aliphatic carbocycles. The second-order valence-corrected chi connectivity index (χ2v) is 5.65. The molecule has 0 amide bonds. The normalized spacial score (nSPS) is 10.9. The molecule has 0 saturated carbocycles. The number of hydrogen-bond donors (Lipinski definition) is 1. The third-order valence-electron chi connectivity index (χ3n) is 4.09. The number of aromatic hydroxyl groups is 1. The molecule has 3 aromatic rings. The number of ether oxygens (including phenoxy) is 1. The average molecular weight is 324 g/mol. The third-order valence-corrected chi connectivity index (χ3v) is 4.09. The summed E-state index contributed by atoms with van der Waals surface area (Å²) in [4.78, 5) is 17.3. The lowest BCUT2D eigenvalue weighted by Gasteiger charge is -2.15. The van der Waals surface area contributed by atoms with Crippen molar-refractivity contribution in [3.05, 3.63) is 58.5 Å². The molecule has 5 heteroatoms. The van der Waals surface area contributed by atoms with Crippen LogP contribution in [0.1, 0.15) is 25.3 Å². The first kappa shape index (κ1) is 16.1. The van der Waals surface area contributed by atoms with Crippen LogP contribution in [0, 0.1) is 0 Å². The smallest absolute Gasteiger partial charge is 0.263 e. The van der Waals surface area contributed by atoms with Crippen LogP contribution in [-0.4, -0.2) is 21.8 Å². The van der Waals surface area contributed by atoms with Gasteiger partial charge in [-0.15, -0.1) is 0 Å². The fourth-order valence-corrected chi connectivity index (χ4v) is 2.79. The number of para-hydroxylation sites is 1. The van der Waals surface area contributed by atoms with Gasteiger partial charge in [-0.25, -0.2) is 4.98 Å². The van der Waals surface area contributed by atoms with E-state index in [4.69, 9.17) is 4.74 Å². The minimum atomic E-state index is -0.225. The van der Waals surface area contributed by atoms with E-state index in [-0.39, 0.29) is 11.3 Å². The highest BCUT2D eigenvalue weighted by molar-refractivity contribution is 5.85. The van der Waals surface area contributed by atoms with E-state index in [2.05, 4.69) is 11.9 Å². The Kier molecular flexibility index (Phi) is 4.51. The standard InChI is InChI=1S/C19H20N2O3/c1-3-4-10-15-17(22)16-11-14(24-2)12-20-18(16)21(19(15)23)13-8-6-5-7-9-13/h5-9,11-12,22H,3-4,10H2,1-2H3. The lowest BCUT2D eigenvalue weighted by Crippen LogP contribution is -2.23. The molecule has 3 rings (SSSR count). The van der Waals surface area contributed by atoms with Crippen molar-refractivity contribution in [2.45, 2.75) is 26.2 Å². The van der Waals surface area contributed by atoms with Crippen molar-refractivity contribution in [1.29, 1.82) is 0 Å². The van der Waals surface area contributed by atoms with Gasteiger partial charge in [0.05, 0.1) is 29.9 Å². The second kappa shape index (κ2) is 6.74. The first-order valence-electron chi connectivity index (χ1n) is 8.03. The van der Waals surface area contributed by atoms with Gasteiger partial charge in [-0.1, -0.05) is 31.5 Å². The zero-order chi connectivity index (χ0) is 17.1. The number of nitrogens with zero attached hydrogens (tertiary/aromatic N) is 2. The number of rotatable bonds is 5. The molecule has 0 saturated heterocycles. The Bertz CT molecular complexity index is 917. The summed E-state index contributed by atoms with van der Waals surface area (Å²) in [5, 5.41) is 11.2. The molecule has 1 aromatic carbocycles. The Balaban J connectivity index is 2.38. The van der Waals surface area contributed by atoms with Crippen molar-refractivity contribution in [2.75, 3.05) is 7.11 Å². The fourth-order valence-electron chi connectivity index (χ4n) is 2.79. The monoisotopic (exact) mass is 324 g/mol. The average Bonchev–Trinajstić information content (AvgIpc) is 2.62. The summed E-state index contributed by atoms with van der Waals surface area (Å²) >= 11 is 0. The first-order valence-corrected chi connectivity index (χ1v) is 8.03. The number of aromatic nitrogens is 2. The Labute approximate surface area is 140 Å². The van der Waals surface area contributed by atoms with Gasteiger partial charge >= 0.3 is 0 Å². The molecule has 0 atom stereocenters. The Hall–Kier alpha value is -2.82. The summed E-state index contributed by atoms with van der Waals surface area (Å²) < 4.78 is 6.77. The van der Waals surface area contributed by atoms with E-state index in [1.165, 1.54) is 0 Å². The number of methoxy groups -OCH3 is 1. The van der Waals surface area contributed by atoms with E-state index < -0.39 is 0 Å². The van der Waals surface area contributed by atoms with Crippen LogP contribution in [0.25, 0.3) is 16.7 Å². The molecule has 0 fully saturated rings. The highest BCUT2D eigenvalue weighted by Crippen LogP contribution is 2.30. The van der Waals surface area contributed by atoms with Crippen molar-refractivity contribution in [3.8, 4) is 17.2 Å². The lowest BCUT2D eigenvalue weighted by atomic mass is 10.1. The Morgan fingerprint density at radius 1 is 1.25 bits per heavy atom. The number of pyridine rings is 2. The van der Waals surface area contributed by atoms with E-state index in [0.717, 1.165) is 18.5 Å². The van der Waals surface area contributed by atoms with E-state index in [0.29, 0.717) is 28.8 Å². The van der Waals surface area contributed by atoms with Gasteiger partial charge in [0.1, 0.15) is 11.5 Å². The van der Waals surface area contributed by atoms with Crippen LogP contribution in [0.5, 0.6) is 11.5 Å². The number of fused-ring (bicyclic) bond motifs is 1. The minimum absolute atomic E-state index is 0.00188. The van der Waals surface area contributed by atoms with Crippen molar-refractivity contribution in [3.63, 3.8) is 0 Å². The molecular weight excluding hydrogens is 304 g/mol. The molecular formula is C19H20N2O3. The number of unbranched alkanes of at least 4 members (excludes halogenated alkanes) is 1. The highest BCUT2D eigenvalue weighted by Gasteiger charge is 2.18. The molecule has 124 valence electrons. The maximum absolute atomic E-state index is 13.0. The van der Waals surface area contributed by atoms with Crippen LogP contribution in [0.3, 0.4) is 0 Å². The topological polar surface area (TPSA) is 64.3 Å². The van der Waals surface area contributed by atoms with Crippen molar-refractivity contribution < 1.29 is 9.84 Å². The van der Waals surface area contributed by atoms with Gasteiger partial charge in [0, 0.05) is 0 Å². The maximum atomic E-state index is 13.0. The largest absolute Gasteiger partial charge is 0.507 e. The van der Waals surface area contributed by atoms with Crippen LogP contribution >= 0.6 is 0 Å². The van der Waals surface area contributed by atoms with Crippen LogP contribution in [0.4, 0.5) is 0 Å².